The third kappa shape index (κ3) is 1.51. The number of aromatic amines is 1. The minimum absolute atomic E-state index is 0.207. The summed E-state index contributed by atoms with van der Waals surface area (Å²) < 4.78 is 0. The van der Waals surface area contributed by atoms with Gasteiger partial charge < -0.3 is 10.3 Å². The molecule has 94 valence electrons. The number of H-pyrrole nitrogens is 1. The molecular weight excluding hydrogens is 248 g/mol. The monoisotopic (exact) mass is 262 g/mol. The van der Waals surface area contributed by atoms with Crippen LogP contribution >= 0.6 is 11.6 Å². The number of hydrogen-bond donors (Lipinski definition) is 2. The van der Waals surface area contributed by atoms with E-state index in [1.807, 2.05) is 31.4 Å². The fourth-order valence-corrected chi connectivity index (χ4v) is 3.06. The Morgan fingerprint density at radius 3 is 2.94 bits per heavy atom. The number of likely N-dealkylation sites (N-methyl/N-ethyl adjacent to an activating group) is 1. The van der Waals surface area contributed by atoms with Gasteiger partial charge in [0.15, 0.2) is 0 Å². The van der Waals surface area contributed by atoms with E-state index in [-0.39, 0.29) is 17.2 Å². The van der Waals surface area contributed by atoms with Crippen LogP contribution in [0.5, 0.6) is 0 Å². The van der Waals surface area contributed by atoms with Crippen molar-refractivity contribution < 1.29 is 4.79 Å². The van der Waals surface area contributed by atoms with Gasteiger partial charge in [-0.3, -0.25) is 4.79 Å². The first-order chi connectivity index (χ1) is 8.58. The van der Waals surface area contributed by atoms with Crippen LogP contribution in [0, 0.1) is 0 Å². The van der Waals surface area contributed by atoms with Gasteiger partial charge in [-0.15, -0.1) is 0 Å². The molecule has 2 N–H and O–H groups in total. The van der Waals surface area contributed by atoms with Crippen LogP contribution in [0.2, 0.25) is 5.02 Å². The van der Waals surface area contributed by atoms with E-state index in [1.54, 1.807) is 6.92 Å². The van der Waals surface area contributed by atoms with Crippen LogP contribution < -0.4 is 5.32 Å². The first kappa shape index (κ1) is 11.8. The molecule has 0 spiro atoms. The molecule has 3 rings (SSSR count). The second-order valence-electron chi connectivity index (χ2n) is 4.97. The van der Waals surface area contributed by atoms with Gasteiger partial charge in [-0.1, -0.05) is 17.7 Å². The van der Waals surface area contributed by atoms with E-state index in [4.69, 9.17) is 11.6 Å². The minimum Gasteiger partial charge on any atom is -0.361 e. The van der Waals surface area contributed by atoms with Crippen molar-refractivity contribution in [1.29, 1.82) is 0 Å². The van der Waals surface area contributed by atoms with Gasteiger partial charge >= 0.3 is 0 Å². The number of fused-ring (bicyclic) bond motifs is 1. The Labute approximate surface area is 111 Å². The number of carbonyl (C=O) groups excluding carboxylic acids is 1. The van der Waals surface area contributed by atoms with Gasteiger partial charge in [0.1, 0.15) is 5.78 Å². The van der Waals surface area contributed by atoms with Crippen LogP contribution in [0.4, 0.5) is 0 Å². The Bertz CT molecular complexity index is 634. The second-order valence-corrected chi connectivity index (χ2v) is 5.40. The number of nitrogens with one attached hydrogen (secondary N) is 2. The van der Waals surface area contributed by atoms with Crippen LogP contribution in [-0.2, 0) is 4.79 Å². The molecule has 1 fully saturated rings. The van der Waals surface area contributed by atoms with Crippen molar-refractivity contribution >= 4 is 28.3 Å². The molecule has 3 nitrogen and oxygen atoms in total. The van der Waals surface area contributed by atoms with E-state index >= 15 is 0 Å². The lowest BCUT2D eigenvalue weighted by atomic mass is 10.0. The highest BCUT2D eigenvalue weighted by atomic mass is 35.5. The van der Waals surface area contributed by atoms with Crippen LogP contribution in [0.15, 0.2) is 24.4 Å². The summed E-state index contributed by atoms with van der Waals surface area (Å²) >= 11 is 5.97. The summed E-state index contributed by atoms with van der Waals surface area (Å²) in [6.45, 7) is 1.65. The van der Waals surface area contributed by atoms with E-state index < -0.39 is 0 Å². The molecule has 0 bridgehead atoms. The zero-order valence-electron chi connectivity index (χ0n) is 10.4. The van der Waals surface area contributed by atoms with E-state index in [2.05, 4.69) is 10.3 Å². The Hall–Kier alpha value is -1.32. The molecule has 2 atom stereocenters. The number of Topliss-reactive ketones (excluding diaryl/α,β-unsaturated/α-hetero) is 1. The van der Waals surface area contributed by atoms with Gasteiger partial charge in [-0.25, -0.2) is 0 Å². The molecule has 2 aromatic rings. The molecular formula is C14H15ClN2O. The fourth-order valence-electron chi connectivity index (χ4n) is 2.89. The number of benzene rings is 1. The molecule has 1 saturated carbocycles. The molecule has 0 amide bonds. The molecule has 0 aliphatic heterocycles. The van der Waals surface area contributed by atoms with Crippen molar-refractivity contribution in [3.8, 4) is 0 Å². The van der Waals surface area contributed by atoms with Crippen molar-refractivity contribution in [1.82, 2.24) is 10.3 Å². The number of carbonyl (C=O) groups is 1. The van der Waals surface area contributed by atoms with Crippen LogP contribution in [0.1, 0.15) is 24.8 Å². The van der Waals surface area contributed by atoms with Crippen LogP contribution in [0.3, 0.4) is 0 Å². The molecule has 4 heteroatoms. The maximum atomic E-state index is 11.8. The molecule has 1 heterocycles. The van der Waals surface area contributed by atoms with Crippen molar-refractivity contribution in [2.24, 2.45) is 0 Å². The Morgan fingerprint density at radius 1 is 1.56 bits per heavy atom. The van der Waals surface area contributed by atoms with E-state index in [0.717, 1.165) is 22.3 Å². The number of aromatic nitrogens is 1. The molecule has 1 aromatic carbocycles. The molecule has 1 aliphatic carbocycles. The molecule has 0 saturated heterocycles. The zero-order valence-corrected chi connectivity index (χ0v) is 11.1. The topological polar surface area (TPSA) is 44.9 Å². The highest BCUT2D eigenvalue weighted by molar-refractivity contribution is 6.31. The van der Waals surface area contributed by atoms with E-state index in [1.165, 1.54) is 5.56 Å². The molecule has 1 unspecified atom stereocenters. The van der Waals surface area contributed by atoms with Gasteiger partial charge in [0.25, 0.3) is 0 Å². The van der Waals surface area contributed by atoms with E-state index in [0.29, 0.717) is 0 Å². The lowest BCUT2D eigenvalue weighted by molar-refractivity contribution is -0.119. The minimum atomic E-state index is -0.366. The first-order valence-electron chi connectivity index (χ1n) is 6.05. The average molecular weight is 263 g/mol. The summed E-state index contributed by atoms with van der Waals surface area (Å²) in [5, 5.41) is 5.05. The van der Waals surface area contributed by atoms with Crippen molar-refractivity contribution in [2.45, 2.75) is 24.8 Å². The quantitative estimate of drug-likeness (QED) is 0.893. The maximum absolute atomic E-state index is 11.8. The Kier molecular flexibility index (Phi) is 2.50. The third-order valence-corrected chi connectivity index (χ3v) is 4.32. The number of halogens is 1. The summed E-state index contributed by atoms with van der Waals surface area (Å²) in [4.78, 5) is 15.0. The van der Waals surface area contributed by atoms with Gasteiger partial charge in [0.2, 0.25) is 0 Å². The molecule has 1 aromatic heterocycles. The Balaban J connectivity index is 2.05. The van der Waals surface area contributed by atoms with Gasteiger partial charge in [0.05, 0.1) is 5.54 Å². The van der Waals surface area contributed by atoms with Crippen molar-refractivity contribution in [3.05, 3.63) is 35.0 Å². The number of rotatable bonds is 3. The lowest BCUT2D eigenvalue weighted by Gasteiger charge is -2.12. The summed E-state index contributed by atoms with van der Waals surface area (Å²) in [5.41, 5.74) is 1.86. The number of ketones is 1. The standard InChI is InChI=1S/C14H15ClN2O/c1-8(18)14(16-2)6-12(14)11-7-17-13-5-9(15)3-4-10(11)13/h3-5,7,12,16-17H,6H2,1-2H3/t12-,14?/m0/s1. The van der Waals surface area contributed by atoms with Gasteiger partial charge in [-0.05, 0) is 38.1 Å². The molecule has 0 radical (unpaired) electrons. The predicted molar refractivity (Wildman–Crippen MR) is 73.1 cm³/mol. The summed E-state index contributed by atoms with van der Waals surface area (Å²) in [6, 6.07) is 5.82. The van der Waals surface area contributed by atoms with Gasteiger partial charge in [-0.2, -0.15) is 0 Å². The SMILES string of the molecule is CNC1(C(C)=O)C[C@H]1c1c[nH]c2cc(Cl)ccc12. The fraction of sp³-hybridized carbons (Fsp3) is 0.357. The Morgan fingerprint density at radius 2 is 2.33 bits per heavy atom. The average Bonchev–Trinajstić information content (AvgIpc) is 2.96. The second kappa shape index (κ2) is 3.84. The maximum Gasteiger partial charge on any atom is 0.150 e. The predicted octanol–water partition coefficient (Wildman–Crippen LogP) is 2.86. The van der Waals surface area contributed by atoms with Crippen molar-refractivity contribution in [2.75, 3.05) is 7.05 Å². The molecule has 1 aliphatic rings. The normalized spacial score (nSPS) is 26.5. The van der Waals surface area contributed by atoms with E-state index in [9.17, 15) is 4.79 Å². The highest BCUT2D eigenvalue weighted by Crippen LogP contribution is 2.53. The zero-order chi connectivity index (χ0) is 12.9. The summed E-state index contributed by atoms with van der Waals surface area (Å²) in [5.74, 6) is 0.466. The highest BCUT2D eigenvalue weighted by Gasteiger charge is 2.58. The smallest absolute Gasteiger partial charge is 0.150 e. The third-order valence-electron chi connectivity index (χ3n) is 4.09. The molecule has 18 heavy (non-hydrogen) atoms. The lowest BCUT2D eigenvalue weighted by Crippen LogP contribution is -2.36. The largest absolute Gasteiger partial charge is 0.361 e. The van der Waals surface area contributed by atoms with Crippen molar-refractivity contribution in [3.63, 3.8) is 0 Å². The summed E-state index contributed by atoms with van der Waals surface area (Å²) in [7, 11) is 1.85. The number of hydrogen-bond acceptors (Lipinski definition) is 2. The van der Waals surface area contributed by atoms with Crippen LogP contribution in [-0.4, -0.2) is 23.4 Å². The van der Waals surface area contributed by atoms with Crippen LogP contribution in [0.25, 0.3) is 10.9 Å². The first-order valence-corrected chi connectivity index (χ1v) is 6.43. The van der Waals surface area contributed by atoms with Gasteiger partial charge in [0, 0.05) is 28.0 Å². The summed E-state index contributed by atoms with van der Waals surface area (Å²) in [6.07, 6.45) is 2.86.